The summed E-state index contributed by atoms with van der Waals surface area (Å²) in [4.78, 5) is 98.2. The number of nitrogens with one attached hydrogen (secondary N) is 5. The van der Waals surface area contributed by atoms with Gasteiger partial charge < -0.3 is 51.9 Å². The Morgan fingerprint density at radius 3 is 1.61 bits per heavy atom. The van der Waals surface area contributed by atoms with Gasteiger partial charge in [-0.2, -0.15) is 13.0 Å². The summed E-state index contributed by atoms with van der Waals surface area (Å²) in [6.45, 7) is 11.0. The first-order valence-corrected chi connectivity index (χ1v) is 34.3. The number of allylic oxidation sites excluding steroid dienone is 8. The highest BCUT2D eigenvalue weighted by molar-refractivity contribution is 7.85. The maximum atomic E-state index is 12.9. The monoisotopic (exact) mass is 1320 g/mol. The highest BCUT2D eigenvalue weighted by Crippen LogP contribution is 2.51. The summed E-state index contributed by atoms with van der Waals surface area (Å²) in [6.07, 6.45) is 22.0. The molecule has 2 heterocycles. The third kappa shape index (κ3) is 22.2. The van der Waals surface area contributed by atoms with E-state index in [1.54, 1.807) is 0 Å². The van der Waals surface area contributed by atoms with E-state index in [4.69, 9.17) is 5.11 Å². The van der Waals surface area contributed by atoms with Crippen molar-refractivity contribution in [1.29, 1.82) is 0 Å². The van der Waals surface area contributed by atoms with E-state index in [9.17, 15) is 66.6 Å². The third-order valence-corrected chi connectivity index (χ3v) is 18.1. The van der Waals surface area contributed by atoms with Crippen LogP contribution in [-0.4, -0.2) is 141 Å². The number of fused-ring (bicyclic) bond motifs is 6. The minimum Gasteiger partial charge on any atom is -0.481 e. The van der Waals surface area contributed by atoms with E-state index in [2.05, 4.69) is 149 Å². The first-order valence-electron chi connectivity index (χ1n) is 32.7. The molecule has 0 radical (unpaired) electrons. The van der Waals surface area contributed by atoms with Gasteiger partial charge in [0.1, 0.15) is 24.7 Å². The zero-order valence-corrected chi connectivity index (χ0v) is 55.3. The summed E-state index contributed by atoms with van der Waals surface area (Å²) < 4.78 is 34.8. The number of hydrogen-bond donors (Lipinski definition) is 10. The standard InChI is InChI=1S/C71H93N7O15S/c1-70(2)58(33-11-6-5-7-12-34-59-71(3,4)65-52-30-19-17-28-50(52)39-42-57(65)78(59)47-25-26-48-94(91,92)93)77(56-41-38-49-27-16-18-29-51(49)64(56)70)46-24-10-15-36-61(80)73-44-22-20-31-53(66(84)85)74-62(81)37-14-9-8-13-35-60(79)72-45-23-21-32-54(67(86)87)75-69(90)76-55(68(88)89)40-43-63(82)83/h5-7,11-12,16-19,27-30,33-34,38-39,41-42,53-55H,8-10,13-15,20-26,31-32,35-37,40,43-48H2,1-4H3,(H9-,72,73,74,75,76,79,80,81,82,83,84,85,86,87,88,89,90,91,92,93)/p+1/t53?,54-,55-/m0/s1. The largest absolute Gasteiger partial charge is 0.481 e. The second-order valence-corrected chi connectivity index (χ2v) is 26.8. The molecule has 1 unspecified atom stereocenters. The van der Waals surface area contributed by atoms with Crippen molar-refractivity contribution in [3.05, 3.63) is 132 Å². The van der Waals surface area contributed by atoms with Gasteiger partial charge in [0.15, 0.2) is 5.71 Å². The fraction of sp³-hybridized carbons (Fsp3) is 0.479. The SMILES string of the molecule is CC1(C)C(/C=C/C=C/C=C/C=C2/N(CCCCS(=O)(=O)O)c3ccc4ccccc4c3C2(C)C)=[N+](CCCCCC(=O)NCCCCC(NC(=O)CCCCCCC(=O)NCCCC[C@H](NC(=O)N[C@@H](CCC(=O)O)C(=O)O)C(=O)O)C(=O)O)c2ccc3ccccc3c21. The molecule has 94 heavy (non-hydrogen) atoms. The highest BCUT2D eigenvalue weighted by atomic mass is 32.2. The molecule has 2 aliphatic heterocycles. The second-order valence-electron chi connectivity index (χ2n) is 25.2. The molecule has 0 fully saturated rings. The Labute approximate surface area is 550 Å². The number of carbonyl (C=O) groups excluding carboxylic acids is 4. The second kappa shape index (κ2) is 36.1. The average molecular weight is 1320 g/mol. The minimum absolute atomic E-state index is 0.000616. The van der Waals surface area contributed by atoms with Gasteiger partial charge in [0, 0.05) is 86.2 Å². The summed E-state index contributed by atoms with van der Waals surface area (Å²) >= 11 is 0. The zero-order valence-electron chi connectivity index (χ0n) is 54.5. The molecule has 22 nitrogen and oxygen atoms in total. The van der Waals surface area contributed by atoms with Crippen LogP contribution in [0.1, 0.15) is 167 Å². The van der Waals surface area contributed by atoms with Gasteiger partial charge in [-0.1, -0.05) is 112 Å². The van der Waals surface area contributed by atoms with Crippen LogP contribution in [0.4, 0.5) is 16.2 Å². The summed E-state index contributed by atoms with van der Waals surface area (Å²) in [5.74, 6) is -6.12. The molecule has 0 saturated heterocycles. The number of unbranched alkanes of at least 4 members (excludes halogenated alkanes) is 8. The smallest absolute Gasteiger partial charge is 0.326 e. The number of aliphatic carboxylic acids is 4. The topological polar surface area (TPSA) is 338 Å². The van der Waals surface area contributed by atoms with E-state index in [1.165, 1.54) is 38.7 Å². The minimum atomic E-state index is -4.05. The van der Waals surface area contributed by atoms with Crippen molar-refractivity contribution in [1.82, 2.24) is 26.6 Å². The third-order valence-electron chi connectivity index (χ3n) is 17.3. The van der Waals surface area contributed by atoms with Crippen molar-refractivity contribution in [2.45, 2.75) is 185 Å². The van der Waals surface area contributed by atoms with Crippen LogP contribution >= 0.6 is 0 Å². The Hall–Kier alpha value is -8.70. The summed E-state index contributed by atoms with van der Waals surface area (Å²) in [5, 5.41) is 54.6. The van der Waals surface area contributed by atoms with Crippen LogP contribution in [0.5, 0.6) is 0 Å². The first kappa shape index (κ1) is 74.3. The molecule has 3 atom stereocenters. The number of carbonyl (C=O) groups is 8. The molecule has 10 N–H and O–H groups in total. The van der Waals surface area contributed by atoms with Gasteiger partial charge in [0.05, 0.1) is 11.2 Å². The Balaban J connectivity index is 0.883. The van der Waals surface area contributed by atoms with E-state index in [1.807, 2.05) is 30.4 Å². The maximum absolute atomic E-state index is 12.9. The average Bonchev–Trinajstić information content (AvgIpc) is 1.58. The zero-order chi connectivity index (χ0) is 68.4. The number of nitrogens with zero attached hydrogens (tertiary/aromatic N) is 2. The number of urea groups is 1. The summed E-state index contributed by atoms with van der Waals surface area (Å²) in [5.41, 5.74) is 6.42. The van der Waals surface area contributed by atoms with Gasteiger partial charge in [0.2, 0.25) is 23.4 Å². The molecule has 0 bridgehead atoms. The van der Waals surface area contributed by atoms with Gasteiger partial charge in [-0.3, -0.25) is 23.7 Å². The predicted octanol–water partition coefficient (Wildman–Crippen LogP) is 10.5. The van der Waals surface area contributed by atoms with Crippen LogP contribution < -0.4 is 31.5 Å². The molecule has 508 valence electrons. The number of carboxylic acids is 4. The van der Waals surface area contributed by atoms with Crippen molar-refractivity contribution >= 4 is 96.4 Å². The molecule has 6 rings (SSSR count). The van der Waals surface area contributed by atoms with Gasteiger partial charge in [-0.05, 0) is 143 Å². The summed E-state index contributed by atoms with van der Waals surface area (Å²) in [6, 6.07) is 20.5. The number of carboxylic acid groups (broad SMARTS) is 4. The molecule has 5 amide bonds. The van der Waals surface area contributed by atoms with Crippen molar-refractivity contribution in [2.24, 2.45) is 0 Å². The number of hydrogen-bond acceptors (Lipinski definition) is 11. The number of anilines is 1. The van der Waals surface area contributed by atoms with Crippen LogP contribution in [0, 0.1) is 0 Å². The molecule has 2 aliphatic rings. The van der Waals surface area contributed by atoms with Gasteiger partial charge in [-0.15, -0.1) is 0 Å². The number of benzene rings is 4. The Morgan fingerprint density at radius 1 is 0.521 bits per heavy atom. The van der Waals surface area contributed by atoms with Crippen molar-refractivity contribution in [2.75, 3.05) is 36.8 Å². The van der Waals surface area contributed by atoms with Crippen molar-refractivity contribution < 1.29 is 76.3 Å². The van der Waals surface area contributed by atoms with Gasteiger partial charge in [0.25, 0.3) is 10.1 Å². The van der Waals surface area contributed by atoms with Gasteiger partial charge >= 0.3 is 29.9 Å². The van der Waals surface area contributed by atoms with E-state index < -0.39 is 64.6 Å². The lowest BCUT2D eigenvalue weighted by Gasteiger charge is -2.27. The lowest BCUT2D eigenvalue weighted by Crippen LogP contribution is -2.51. The van der Waals surface area contributed by atoms with E-state index in [0.29, 0.717) is 90.1 Å². The molecule has 4 aromatic carbocycles. The fourth-order valence-electron chi connectivity index (χ4n) is 12.5. The highest BCUT2D eigenvalue weighted by Gasteiger charge is 2.45. The molecule has 0 saturated carbocycles. The maximum Gasteiger partial charge on any atom is 0.326 e. The molecule has 0 spiro atoms. The van der Waals surface area contributed by atoms with Crippen molar-refractivity contribution in [3.8, 4) is 0 Å². The van der Waals surface area contributed by atoms with E-state index in [0.717, 1.165) is 36.2 Å². The lowest BCUT2D eigenvalue weighted by molar-refractivity contribution is -0.438. The number of amides is 5. The Morgan fingerprint density at radius 2 is 1.03 bits per heavy atom. The summed E-state index contributed by atoms with van der Waals surface area (Å²) in [7, 11) is -4.05. The number of rotatable bonds is 41. The molecule has 23 heteroatoms. The van der Waals surface area contributed by atoms with Crippen LogP contribution in [0.15, 0.2) is 121 Å². The molecular weight excluding hydrogens is 1220 g/mol. The first-order chi connectivity index (χ1) is 44.8. The van der Waals surface area contributed by atoms with Crippen LogP contribution in [-0.2, 0) is 54.5 Å². The molecule has 0 aliphatic carbocycles. The Kier molecular flexibility index (Phi) is 28.5. The predicted molar refractivity (Wildman–Crippen MR) is 363 cm³/mol. The van der Waals surface area contributed by atoms with Crippen LogP contribution in [0.25, 0.3) is 21.5 Å². The fourth-order valence-corrected chi connectivity index (χ4v) is 13.1. The Bertz CT molecular complexity index is 3630. The quantitative estimate of drug-likeness (QED) is 0.00854. The van der Waals surface area contributed by atoms with Crippen molar-refractivity contribution in [3.63, 3.8) is 0 Å². The molecule has 0 aromatic heterocycles. The van der Waals surface area contributed by atoms with Crippen LogP contribution in [0.2, 0.25) is 0 Å². The van der Waals surface area contributed by atoms with Crippen LogP contribution in [0.3, 0.4) is 0 Å². The van der Waals surface area contributed by atoms with E-state index >= 15 is 0 Å². The van der Waals surface area contributed by atoms with Gasteiger partial charge in [-0.25, -0.2) is 19.2 Å². The van der Waals surface area contributed by atoms with E-state index in [-0.39, 0.29) is 73.0 Å². The lowest BCUT2D eigenvalue weighted by atomic mass is 9.79. The molecular formula is C71H94N7O15S+. The normalized spacial score (nSPS) is 15.5. The molecule has 4 aromatic rings.